The fourth-order valence-electron chi connectivity index (χ4n) is 9.82. The maximum atomic E-state index is 15.3. The molecule has 3 fully saturated rings. The average Bonchev–Trinajstić information content (AvgIpc) is 3.59. The van der Waals surface area contributed by atoms with E-state index in [-0.39, 0.29) is 50.1 Å². The van der Waals surface area contributed by atoms with E-state index in [4.69, 9.17) is 14.2 Å². The van der Waals surface area contributed by atoms with Crippen LogP contribution in [0, 0.1) is 5.92 Å². The van der Waals surface area contributed by atoms with Gasteiger partial charge in [-0.25, -0.2) is 0 Å². The van der Waals surface area contributed by atoms with E-state index in [9.17, 15) is 33.9 Å². The van der Waals surface area contributed by atoms with Crippen molar-refractivity contribution in [3.63, 3.8) is 0 Å². The SMILES string of the molecule is CC(=O)OC1CC(=O)N1c1ccc(CN2C(=O)[C@]3(O[C@H](CC(=O)N4Cc5ccccc5C[C@H]4CO)[C@@H]([Si](C)(C)O)[C@@H]3C)c3cc(N4C(=O)CC4OC(C)=O)ccc32)cc1. The van der Waals surface area contributed by atoms with Crippen LogP contribution in [0.25, 0.3) is 0 Å². The normalized spacial score (nSPS) is 27.3. The van der Waals surface area contributed by atoms with Gasteiger partial charge in [-0.15, -0.1) is 0 Å². The van der Waals surface area contributed by atoms with Crippen LogP contribution >= 0.6 is 0 Å². The number of hydrogen-bond acceptors (Lipinski definition) is 11. The number of fused-ring (bicyclic) bond motifs is 3. The number of β-lactam (4-membered cyclic amide) rings is 2. The summed E-state index contributed by atoms with van der Waals surface area (Å²) in [6, 6.07) is 19.5. The second-order valence-corrected chi connectivity index (χ2v) is 20.7. The predicted octanol–water partition coefficient (Wildman–Crippen LogP) is 3.62. The number of esters is 2. The Labute approximate surface area is 342 Å². The summed E-state index contributed by atoms with van der Waals surface area (Å²) in [4.78, 5) is 96.5. The first kappa shape index (κ1) is 40.4. The highest BCUT2D eigenvalue weighted by Gasteiger charge is 2.67. The lowest BCUT2D eigenvalue weighted by atomic mass is 9.82. The molecule has 3 aromatic carbocycles. The van der Waals surface area contributed by atoms with Crippen molar-refractivity contribution in [2.24, 2.45) is 5.92 Å². The van der Waals surface area contributed by atoms with Gasteiger partial charge in [-0.05, 0) is 66.5 Å². The molecule has 59 heavy (non-hydrogen) atoms. The average molecular weight is 825 g/mol. The summed E-state index contributed by atoms with van der Waals surface area (Å²) >= 11 is 0. The second-order valence-electron chi connectivity index (χ2n) is 16.7. The first-order chi connectivity index (χ1) is 28.0. The monoisotopic (exact) mass is 824 g/mol. The number of aliphatic hydroxyl groups is 1. The Morgan fingerprint density at radius 1 is 0.847 bits per heavy atom. The van der Waals surface area contributed by atoms with Crippen molar-refractivity contribution in [3.8, 4) is 0 Å². The Kier molecular flexibility index (Phi) is 10.3. The third-order valence-corrected chi connectivity index (χ3v) is 15.0. The lowest BCUT2D eigenvalue weighted by Crippen LogP contribution is -2.55. The summed E-state index contributed by atoms with van der Waals surface area (Å²) in [5, 5.41) is 10.4. The van der Waals surface area contributed by atoms with Gasteiger partial charge in [0.1, 0.15) is 0 Å². The molecular formula is C43H48N4O11Si. The summed E-state index contributed by atoms with van der Waals surface area (Å²) < 4.78 is 17.7. The van der Waals surface area contributed by atoms with Crippen LogP contribution in [-0.2, 0) is 68.1 Å². The maximum absolute atomic E-state index is 15.3. The number of nitrogens with zero attached hydrogens (tertiary/aromatic N) is 4. The third-order valence-electron chi connectivity index (χ3n) is 12.5. The minimum absolute atomic E-state index is 0.00673. The first-order valence-electron chi connectivity index (χ1n) is 19.9. The molecule has 3 saturated heterocycles. The van der Waals surface area contributed by atoms with Crippen LogP contribution in [0.15, 0.2) is 66.7 Å². The van der Waals surface area contributed by atoms with Crippen LogP contribution in [0.1, 0.15) is 62.3 Å². The Morgan fingerprint density at radius 3 is 2.02 bits per heavy atom. The standard InChI is InChI=1S/C43H48N4O11Si/c1-24-41(59(4,5)55)35(18-36(51)44-22-29-9-7-6-8-28(29)16-32(44)23-48)58-43(24)33-17-31(47-38(53)20-40(47)57-26(3)50)14-15-34(33)45(42(43)54)21-27-10-12-30(13-11-27)46-37(52)19-39(46)56-25(2)49/h6-15,17,24,32,35,39-41,48,55H,16,18-23H2,1-5H3/t24-,32-,35+,39?,40?,41-,43+/m0/s1. The van der Waals surface area contributed by atoms with Gasteiger partial charge in [-0.3, -0.25) is 38.6 Å². The molecule has 4 amide bonds. The molecule has 310 valence electrons. The van der Waals surface area contributed by atoms with Crippen LogP contribution in [0.2, 0.25) is 18.6 Å². The number of carbonyl (C=O) groups excluding carboxylic acids is 6. The van der Waals surface area contributed by atoms with E-state index in [1.54, 1.807) is 65.4 Å². The quantitative estimate of drug-likeness (QED) is 0.173. The molecule has 0 aromatic heterocycles. The van der Waals surface area contributed by atoms with Crippen LogP contribution in [0.5, 0.6) is 0 Å². The zero-order chi connectivity index (χ0) is 42.1. The van der Waals surface area contributed by atoms with E-state index >= 15 is 4.79 Å². The van der Waals surface area contributed by atoms with Crippen LogP contribution in [0.3, 0.4) is 0 Å². The van der Waals surface area contributed by atoms with Gasteiger partial charge >= 0.3 is 11.9 Å². The van der Waals surface area contributed by atoms with E-state index < -0.39 is 67.8 Å². The fraction of sp³-hybridized carbons (Fsp3) is 0.442. The summed E-state index contributed by atoms with van der Waals surface area (Å²) in [6.07, 6.45) is -1.95. The second kappa shape index (κ2) is 15.0. The molecule has 5 aliphatic rings. The first-order valence-corrected chi connectivity index (χ1v) is 23.0. The Hall–Kier alpha value is -5.42. The topological polar surface area (TPSA) is 184 Å². The molecule has 0 radical (unpaired) electrons. The van der Waals surface area contributed by atoms with E-state index in [0.717, 1.165) is 11.1 Å². The van der Waals surface area contributed by atoms with Crippen molar-refractivity contribution in [3.05, 3.63) is 89.0 Å². The van der Waals surface area contributed by atoms with Gasteiger partial charge in [0.25, 0.3) is 5.91 Å². The number of ether oxygens (including phenoxy) is 3. The highest BCUT2D eigenvalue weighted by Crippen LogP contribution is 2.60. The molecule has 0 saturated carbocycles. The van der Waals surface area contributed by atoms with Gasteiger partial charge in [-0.1, -0.05) is 43.3 Å². The van der Waals surface area contributed by atoms with Gasteiger partial charge in [0.05, 0.1) is 50.2 Å². The number of rotatable bonds is 10. The van der Waals surface area contributed by atoms with Crippen LogP contribution < -0.4 is 14.7 Å². The molecule has 5 aliphatic heterocycles. The molecule has 16 heteroatoms. The molecule has 5 heterocycles. The fourth-order valence-corrected chi connectivity index (χ4v) is 12.4. The highest BCUT2D eigenvalue weighted by atomic mass is 28.4. The van der Waals surface area contributed by atoms with Gasteiger partial charge in [-0.2, -0.15) is 0 Å². The smallest absolute Gasteiger partial charge is 0.304 e. The van der Waals surface area contributed by atoms with E-state index in [0.29, 0.717) is 41.2 Å². The Morgan fingerprint density at radius 2 is 1.44 bits per heavy atom. The number of carbonyl (C=O) groups is 6. The predicted molar refractivity (Wildman–Crippen MR) is 215 cm³/mol. The van der Waals surface area contributed by atoms with Crippen molar-refractivity contribution in [1.29, 1.82) is 0 Å². The van der Waals surface area contributed by atoms with Gasteiger partial charge in [0, 0.05) is 48.8 Å². The number of benzene rings is 3. The van der Waals surface area contributed by atoms with E-state index in [1.807, 2.05) is 31.2 Å². The van der Waals surface area contributed by atoms with E-state index in [2.05, 4.69) is 0 Å². The van der Waals surface area contributed by atoms with Crippen molar-refractivity contribution < 1.29 is 52.9 Å². The highest BCUT2D eigenvalue weighted by molar-refractivity contribution is 6.71. The number of anilines is 3. The Balaban J connectivity index is 1.15. The third kappa shape index (κ3) is 6.90. The molecular weight excluding hydrogens is 777 g/mol. The molecule has 0 bridgehead atoms. The van der Waals surface area contributed by atoms with Crippen molar-refractivity contribution in [2.75, 3.05) is 21.3 Å². The minimum Gasteiger partial charge on any atom is -0.441 e. The van der Waals surface area contributed by atoms with Gasteiger partial charge in [0.2, 0.25) is 17.7 Å². The molecule has 2 unspecified atom stereocenters. The molecule has 8 rings (SSSR count). The number of hydrogen-bond donors (Lipinski definition) is 2. The van der Waals surface area contributed by atoms with Crippen LogP contribution in [0.4, 0.5) is 17.1 Å². The largest absolute Gasteiger partial charge is 0.441 e. The van der Waals surface area contributed by atoms with Gasteiger partial charge < -0.3 is 33.9 Å². The maximum Gasteiger partial charge on any atom is 0.304 e. The van der Waals surface area contributed by atoms with Crippen molar-refractivity contribution in [2.45, 2.75) is 108 Å². The zero-order valence-corrected chi connectivity index (χ0v) is 34.6. The lowest BCUT2D eigenvalue weighted by Gasteiger charge is -2.39. The molecule has 15 nitrogen and oxygen atoms in total. The molecule has 7 atom stereocenters. The summed E-state index contributed by atoms with van der Waals surface area (Å²) in [5.74, 6) is -2.80. The number of aliphatic hydroxyl groups excluding tert-OH is 1. The molecule has 1 spiro atoms. The molecule has 2 N–H and O–H groups in total. The van der Waals surface area contributed by atoms with Gasteiger partial charge in [0.15, 0.2) is 26.4 Å². The van der Waals surface area contributed by atoms with Crippen molar-refractivity contribution in [1.82, 2.24) is 4.90 Å². The summed E-state index contributed by atoms with van der Waals surface area (Å²) in [5.41, 5.74) is 2.40. The van der Waals surface area contributed by atoms with E-state index in [1.165, 1.54) is 23.6 Å². The molecule has 0 aliphatic carbocycles. The summed E-state index contributed by atoms with van der Waals surface area (Å²) in [7, 11) is -3.20. The van der Waals surface area contributed by atoms with Crippen molar-refractivity contribution >= 4 is 60.9 Å². The molecule has 3 aromatic rings. The zero-order valence-electron chi connectivity index (χ0n) is 33.6. The summed E-state index contributed by atoms with van der Waals surface area (Å²) in [6.45, 7) is 8.12. The van der Waals surface area contributed by atoms with Crippen LogP contribution in [-0.4, -0.2) is 89.9 Å². The minimum atomic E-state index is -3.20. The Bertz CT molecular complexity index is 2240. The lowest BCUT2D eigenvalue weighted by molar-refractivity contribution is -0.155. The number of amides is 4.